The van der Waals surface area contributed by atoms with Gasteiger partial charge in [0.15, 0.2) is 0 Å². The maximum atomic E-state index is 12.6. The van der Waals surface area contributed by atoms with Gasteiger partial charge in [0, 0.05) is 23.0 Å². The number of ether oxygens (including phenoxy) is 2. The van der Waals surface area contributed by atoms with Gasteiger partial charge in [-0.05, 0) is 32.9 Å². The van der Waals surface area contributed by atoms with Crippen molar-refractivity contribution in [1.29, 1.82) is 0 Å². The summed E-state index contributed by atoms with van der Waals surface area (Å²) in [6.07, 6.45) is 0. The number of phenols is 1. The van der Waals surface area contributed by atoms with Crippen molar-refractivity contribution in [2.24, 2.45) is 0 Å². The molecule has 1 aromatic rings. The topological polar surface area (TPSA) is 128 Å². The Morgan fingerprint density at radius 1 is 1.22 bits per heavy atom. The molecule has 1 aromatic carbocycles. The summed E-state index contributed by atoms with van der Waals surface area (Å²) in [6.45, 7) is 4.91. The fourth-order valence-electron chi connectivity index (χ4n) is 3.10. The highest BCUT2D eigenvalue weighted by atomic mass is 16.6. The van der Waals surface area contributed by atoms with E-state index in [4.69, 9.17) is 9.47 Å². The number of esters is 2. The third-order valence-electron chi connectivity index (χ3n) is 4.18. The maximum Gasteiger partial charge on any atom is 0.336 e. The van der Waals surface area contributed by atoms with Gasteiger partial charge in [0.05, 0.1) is 35.7 Å². The number of allylic oxidation sites excluding steroid dienone is 2. The number of nitrogens with one attached hydrogen (secondary N) is 1. The van der Waals surface area contributed by atoms with E-state index in [0.717, 1.165) is 18.2 Å². The zero-order chi connectivity index (χ0) is 20.3. The van der Waals surface area contributed by atoms with E-state index >= 15 is 0 Å². The molecule has 1 unspecified atom stereocenters. The first kappa shape index (κ1) is 20.0. The zero-order valence-electron chi connectivity index (χ0n) is 15.4. The minimum Gasteiger partial charge on any atom is -0.508 e. The molecule has 0 saturated heterocycles. The quantitative estimate of drug-likeness (QED) is 0.455. The molecule has 0 aromatic heterocycles. The van der Waals surface area contributed by atoms with E-state index < -0.39 is 22.8 Å². The van der Waals surface area contributed by atoms with E-state index in [2.05, 4.69) is 5.32 Å². The maximum absolute atomic E-state index is 12.6. The van der Waals surface area contributed by atoms with Crippen LogP contribution in [0, 0.1) is 10.1 Å². The second-order valence-corrected chi connectivity index (χ2v) is 5.85. The number of dihydropyridines is 1. The second-order valence-electron chi connectivity index (χ2n) is 5.85. The number of nitrogens with zero attached hydrogens (tertiary/aromatic N) is 1. The van der Waals surface area contributed by atoms with Gasteiger partial charge in [0.25, 0.3) is 5.69 Å². The van der Waals surface area contributed by atoms with Crippen LogP contribution in [0.5, 0.6) is 5.75 Å². The van der Waals surface area contributed by atoms with Crippen LogP contribution in [0.4, 0.5) is 5.69 Å². The molecule has 1 aliphatic heterocycles. The smallest absolute Gasteiger partial charge is 0.336 e. The fraction of sp³-hybridized carbons (Fsp3) is 0.333. The number of aromatic hydroxyl groups is 1. The van der Waals surface area contributed by atoms with Crippen LogP contribution >= 0.6 is 0 Å². The minimum atomic E-state index is -1.13. The van der Waals surface area contributed by atoms with Gasteiger partial charge in [-0.15, -0.1) is 0 Å². The molecular formula is C18H20N2O7. The number of hydrogen-bond acceptors (Lipinski definition) is 8. The summed E-state index contributed by atoms with van der Waals surface area (Å²) in [5.41, 5.74) is 0.486. The summed E-state index contributed by atoms with van der Waals surface area (Å²) < 4.78 is 9.91. The van der Waals surface area contributed by atoms with E-state index in [9.17, 15) is 24.8 Å². The van der Waals surface area contributed by atoms with Crippen LogP contribution in [0.3, 0.4) is 0 Å². The van der Waals surface area contributed by atoms with Gasteiger partial charge in [-0.25, -0.2) is 9.59 Å². The predicted molar refractivity (Wildman–Crippen MR) is 94.7 cm³/mol. The third kappa shape index (κ3) is 3.76. The van der Waals surface area contributed by atoms with Crippen molar-refractivity contribution in [2.45, 2.75) is 26.7 Å². The van der Waals surface area contributed by atoms with Gasteiger partial charge in [0.1, 0.15) is 5.75 Å². The molecule has 9 nitrogen and oxygen atoms in total. The summed E-state index contributed by atoms with van der Waals surface area (Å²) in [7, 11) is 1.17. The van der Waals surface area contributed by atoms with E-state index in [0.29, 0.717) is 11.4 Å². The lowest BCUT2D eigenvalue weighted by atomic mass is 9.79. The van der Waals surface area contributed by atoms with Crippen molar-refractivity contribution < 1.29 is 29.1 Å². The second kappa shape index (κ2) is 7.90. The van der Waals surface area contributed by atoms with Crippen molar-refractivity contribution in [2.75, 3.05) is 13.7 Å². The zero-order valence-corrected chi connectivity index (χ0v) is 15.4. The highest BCUT2D eigenvalue weighted by Gasteiger charge is 2.40. The van der Waals surface area contributed by atoms with Crippen LogP contribution in [-0.4, -0.2) is 35.7 Å². The molecule has 27 heavy (non-hydrogen) atoms. The highest BCUT2D eigenvalue weighted by Crippen LogP contribution is 2.43. The van der Waals surface area contributed by atoms with Crippen LogP contribution in [-0.2, 0) is 19.1 Å². The first-order valence-corrected chi connectivity index (χ1v) is 8.14. The number of phenolic OH excluding ortho intramolecular Hbond substituents is 1. The molecule has 0 fully saturated rings. The average molecular weight is 376 g/mol. The number of nitro groups is 1. The number of carbonyl (C=O) groups excluding carboxylic acids is 2. The minimum absolute atomic E-state index is 0.0105. The van der Waals surface area contributed by atoms with Crippen LogP contribution < -0.4 is 5.32 Å². The number of rotatable bonds is 5. The number of carbonyl (C=O) groups is 2. The molecule has 1 heterocycles. The SMILES string of the molecule is CCOC(=O)C1=C(C)NC(C)=C(C(=O)OC)C1c1cc(O)ccc1[N+](=O)[O-]. The van der Waals surface area contributed by atoms with Crippen LogP contribution in [0.2, 0.25) is 0 Å². The molecule has 1 aliphatic rings. The van der Waals surface area contributed by atoms with Crippen molar-refractivity contribution in [1.82, 2.24) is 5.32 Å². The molecule has 0 radical (unpaired) electrons. The van der Waals surface area contributed by atoms with Crippen molar-refractivity contribution in [3.05, 3.63) is 56.4 Å². The Balaban J connectivity index is 2.83. The molecule has 0 bridgehead atoms. The van der Waals surface area contributed by atoms with E-state index in [1.807, 2.05) is 0 Å². The first-order valence-electron chi connectivity index (χ1n) is 8.14. The van der Waals surface area contributed by atoms with Gasteiger partial charge >= 0.3 is 11.9 Å². The number of methoxy groups -OCH3 is 1. The van der Waals surface area contributed by atoms with Gasteiger partial charge in [-0.2, -0.15) is 0 Å². The molecule has 9 heteroatoms. The Morgan fingerprint density at radius 2 is 1.81 bits per heavy atom. The Hall–Kier alpha value is -3.36. The largest absolute Gasteiger partial charge is 0.508 e. The standard InChI is InChI=1S/C18H20N2O7/c1-5-27-18(23)15-10(3)19-9(2)14(17(22)26-4)16(15)12-8-11(21)6-7-13(12)20(24)25/h6-8,16,19,21H,5H2,1-4H3. The molecule has 1 atom stereocenters. The molecule has 0 amide bonds. The van der Waals surface area contributed by atoms with Gasteiger partial charge in [-0.1, -0.05) is 0 Å². The molecule has 2 N–H and O–H groups in total. The van der Waals surface area contributed by atoms with E-state index in [-0.39, 0.29) is 34.8 Å². The summed E-state index contributed by atoms with van der Waals surface area (Å²) in [6, 6.07) is 3.45. The molecular weight excluding hydrogens is 356 g/mol. The number of benzene rings is 1. The van der Waals surface area contributed by atoms with Crippen molar-refractivity contribution in [3.8, 4) is 5.75 Å². The Bertz CT molecular complexity index is 870. The Morgan fingerprint density at radius 3 is 2.33 bits per heavy atom. The predicted octanol–water partition coefficient (Wildman–Crippen LogP) is 2.27. The molecule has 144 valence electrons. The van der Waals surface area contributed by atoms with Crippen molar-refractivity contribution in [3.63, 3.8) is 0 Å². The lowest BCUT2D eigenvalue weighted by Crippen LogP contribution is -2.32. The van der Waals surface area contributed by atoms with Gasteiger partial charge in [0.2, 0.25) is 0 Å². The normalized spacial score (nSPS) is 16.7. The van der Waals surface area contributed by atoms with Crippen LogP contribution in [0.15, 0.2) is 40.7 Å². The average Bonchev–Trinajstić information content (AvgIpc) is 2.60. The first-order chi connectivity index (χ1) is 12.7. The van der Waals surface area contributed by atoms with Crippen molar-refractivity contribution >= 4 is 17.6 Å². The lowest BCUT2D eigenvalue weighted by molar-refractivity contribution is -0.385. The number of hydrogen-bond donors (Lipinski definition) is 2. The van der Waals surface area contributed by atoms with Gasteiger partial charge in [-0.3, -0.25) is 10.1 Å². The van der Waals surface area contributed by atoms with E-state index in [1.54, 1.807) is 20.8 Å². The van der Waals surface area contributed by atoms with E-state index in [1.165, 1.54) is 7.11 Å². The molecule has 0 aliphatic carbocycles. The molecule has 0 saturated carbocycles. The van der Waals surface area contributed by atoms with Crippen LogP contribution in [0.1, 0.15) is 32.3 Å². The third-order valence-corrected chi connectivity index (χ3v) is 4.18. The Labute approximate surface area is 155 Å². The molecule has 0 spiro atoms. The van der Waals surface area contributed by atoms with Gasteiger partial charge < -0.3 is 19.9 Å². The lowest BCUT2D eigenvalue weighted by Gasteiger charge is -2.30. The molecule has 2 rings (SSSR count). The monoisotopic (exact) mass is 376 g/mol. The van der Waals surface area contributed by atoms with Crippen LogP contribution in [0.25, 0.3) is 0 Å². The Kier molecular flexibility index (Phi) is 5.84. The summed E-state index contributed by atoms with van der Waals surface area (Å²) in [5, 5.41) is 24.3. The number of nitro benzene ring substituents is 1. The summed E-state index contributed by atoms with van der Waals surface area (Å²) in [4.78, 5) is 35.9. The summed E-state index contributed by atoms with van der Waals surface area (Å²) >= 11 is 0. The summed E-state index contributed by atoms with van der Waals surface area (Å²) in [5.74, 6) is -2.85. The fourth-order valence-corrected chi connectivity index (χ4v) is 3.10. The highest BCUT2D eigenvalue weighted by molar-refractivity contribution is 6.00.